The maximum atomic E-state index is 12.6. The third kappa shape index (κ3) is 3.76. The van der Waals surface area contributed by atoms with Crippen LogP contribution in [0.4, 0.5) is 0 Å². The molecule has 6 nitrogen and oxygen atoms in total. The van der Waals surface area contributed by atoms with Crippen molar-refractivity contribution < 1.29 is 24.2 Å². The van der Waals surface area contributed by atoms with Gasteiger partial charge in [-0.15, -0.1) is 0 Å². The number of hydrogen-bond donors (Lipinski definition) is 1. The fourth-order valence-corrected chi connectivity index (χ4v) is 3.44. The van der Waals surface area contributed by atoms with Crippen LogP contribution in [0.15, 0.2) is 24.3 Å². The van der Waals surface area contributed by atoms with Crippen molar-refractivity contribution in [2.75, 3.05) is 26.3 Å². The number of rotatable bonds is 4. The second-order valence-corrected chi connectivity index (χ2v) is 6.69. The first-order chi connectivity index (χ1) is 11.5. The van der Waals surface area contributed by atoms with Crippen LogP contribution in [0, 0.1) is 0 Å². The van der Waals surface area contributed by atoms with Crippen molar-refractivity contribution in [3.63, 3.8) is 0 Å². The van der Waals surface area contributed by atoms with E-state index in [4.69, 9.17) is 14.6 Å². The molecule has 0 radical (unpaired) electrons. The number of hydrogen-bond acceptors (Lipinski definition) is 4. The highest BCUT2D eigenvalue weighted by atomic mass is 16.6. The van der Waals surface area contributed by atoms with Gasteiger partial charge in [0.05, 0.1) is 24.8 Å². The van der Waals surface area contributed by atoms with Crippen LogP contribution in [-0.2, 0) is 20.7 Å². The van der Waals surface area contributed by atoms with Crippen LogP contribution in [0.1, 0.15) is 35.7 Å². The second-order valence-electron chi connectivity index (χ2n) is 6.69. The second kappa shape index (κ2) is 6.91. The molecule has 24 heavy (non-hydrogen) atoms. The number of amides is 1. The Bertz CT molecular complexity index is 606. The Hall–Kier alpha value is -1.92. The third-order valence-electron chi connectivity index (χ3n) is 4.66. The summed E-state index contributed by atoms with van der Waals surface area (Å²) in [4.78, 5) is 25.3. The Labute approximate surface area is 141 Å². The van der Waals surface area contributed by atoms with Gasteiger partial charge in [0, 0.05) is 26.0 Å². The van der Waals surface area contributed by atoms with Crippen molar-refractivity contribution in [3.8, 4) is 0 Å². The number of aromatic carboxylic acids is 1. The first-order valence-corrected chi connectivity index (χ1v) is 8.33. The molecule has 2 fully saturated rings. The quantitative estimate of drug-likeness (QED) is 0.908. The molecule has 2 unspecified atom stereocenters. The van der Waals surface area contributed by atoms with Gasteiger partial charge < -0.3 is 19.5 Å². The van der Waals surface area contributed by atoms with E-state index >= 15 is 0 Å². The predicted molar refractivity (Wildman–Crippen MR) is 87.0 cm³/mol. The summed E-state index contributed by atoms with van der Waals surface area (Å²) in [7, 11) is 0. The normalized spacial score (nSPS) is 26.7. The van der Waals surface area contributed by atoms with Gasteiger partial charge in [-0.1, -0.05) is 12.1 Å². The van der Waals surface area contributed by atoms with Crippen molar-refractivity contribution in [2.24, 2.45) is 0 Å². The zero-order chi connectivity index (χ0) is 17.2. The molecule has 2 heterocycles. The van der Waals surface area contributed by atoms with Crippen molar-refractivity contribution >= 4 is 11.9 Å². The molecule has 3 rings (SSSR count). The fourth-order valence-electron chi connectivity index (χ4n) is 3.44. The van der Waals surface area contributed by atoms with E-state index in [9.17, 15) is 9.59 Å². The summed E-state index contributed by atoms with van der Waals surface area (Å²) in [5.74, 6) is -0.831. The maximum absolute atomic E-state index is 12.6. The number of carbonyl (C=O) groups excluding carboxylic acids is 1. The zero-order valence-corrected chi connectivity index (χ0v) is 13.9. The highest BCUT2D eigenvalue weighted by molar-refractivity contribution is 5.87. The van der Waals surface area contributed by atoms with Gasteiger partial charge in [-0.2, -0.15) is 0 Å². The minimum absolute atomic E-state index is 0.0132. The number of carboxylic acid groups (broad SMARTS) is 1. The Morgan fingerprint density at radius 2 is 2.08 bits per heavy atom. The average Bonchev–Trinajstić information content (AvgIpc) is 2.99. The molecule has 1 aromatic rings. The summed E-state index contributed by atoms with van der Waals surface area (Å²) >= 11 is 0. The van der Waals surface area contributed by atoms with Gasteiger partial charge in [0.25, 0.3) is 0 Å². The molecule has 1 amide bonds. The van der Waals surface area contributed by atoms with Gasteiger partial charge in [0.2, 0.25) is 5.91 Å². The molecule has 1 aromatic carbocycles. The van der Waals surface area contributed by atoms with E-state index in [1.165, 1.54) is 0 Å². The number of nitrogens with zero attached hydrogens (tertiary/aromatic N) is 1. The van der Waals surface area contributed by atoms with E-state index in [1.807, 2.05) is 11.8 Å². The van der Waals surface area contributed by atoms with Crippen LogP contribution in [-0.4, -0.2) is 59.9 Å². The van der Waals surface area contributed by atoms with Crippen LogP contribution in [0.25, 0.3) is 0 Å². The SMILES string of the molecule is CC1CN(C(=O)CCc2ccc(C(=O)O)cc2)CC2(CCOC2)O1. The average molecular weight is 333 g/mol. The predicted octanol–water partition coefficient (Wildman–Crippen LogP) is 1.72. The van der Waals surface area contributed by atoms with Crippen LogP contribution in [0.3, 0.4) is 0 Å². The van der Waals surface area contributed by atoms with Crippen LogP contribution < -0.4 is 0 Å². The molecule has 1 spiro atoms. The monoisotopic (exact) mass is 333 g/mol. The number of carboxylic acids is 1. The standard InChI is InChI=1S/C18H23NO5/c1-13-10-19(11-18(24-13)8-9-23-12-18)16(20)7-4-14-2-5-15(6-3-14)17(21)22/h2-3,5-6,13H,4,7-12H2,1H3,(H,21,22). The first-order valence-electron chi connectivity index (χ1n) is 8.33. The van der Waals surface area contributed by atoms with E-state index in [1.54, 1.807) is 24.3 Å². The maximum Gasteiger partial charge on any atom is 0.335 e. The third-order valence-corrected chi connectivity index (χ3v) is 4.66. The minimum atomic E-state index is -0.941. The topological polar surface area (TPSA) is 76.1 Å². The highest BCUT2D eigenvalue weighted by Gasteiger charge is 2.43. The molecular weight excluding hydrogens is 310 g/mol. The van der Waals surface area contributed by atoms with Crippen LogP contribution in [0.5, 0.6) is 0 Å². The Morgan fingerprint density at radius 3 is 2.71 bits per heavy atom. The summed E-state index contributed by atoms with van der Waals surface area (Å²) < 4.78 is 11.5. The number of carbonyl (C=O) groups is 2. The Morgan fingerprint density at radius 1 is 1.33 bits per heavy atom. The molecule has 2 atom stereocenters. The Kier molecular flexibility index (Phi) is 4.87. The number of aryl methyl sites for hydroxylation is 1. The van der Waals surface area contributed by atoms with E-state index in [0.29, 0.717) is 39.1 Å². The van der Waals surface area contributed by atoms with Crippen LogP contribution in [0.2, 0.25) is 0 Å². The lowest BCUT2D eigenvalue weighted by Gasteiger charge is -2.42. The molecule has 130 valence electrons. The highest BCUT2D eigenvalue weighted by Crippen LogP contribution is 2.30. The lowest BCUT2D eigenvalue weighted by molar-refractivity contribution is -0.166. The zero-order valence-electron chi connectivity index (χ0n) is 13.9. The molecule has 2 saturated heterocycles. The van der Waals surface area contributed by atoms with E-state index in [2.05, 4.69) is 0 Å². The summed E-state index contributed by atoms with van der Waals surface area (Å²) in [5.41, 5.74) is 0.889. The van der Waals surface area contributed by atoms with Gasteiger partial charge in [-0.25, -0.2) is 4.79 Å². The number of morpholine rings is 1. The van der Waals surface area contributed by atoms with Gasteiger partial charge >= 0.3 is 5.97 Å². The van der Waals surface area contributed by atoms with Gasteiger partial charge in [-0.3, -0.25) is 4.79 Å². The summed E-state index contributed by atoms with van der Waals surface area (Å²) in [6.45, 7) is 4.43. The van der Waals surface area contributed by atoms with E-state index in [0.717, 1.165) is 12.0 Å². The van der Waals surface area contributed by atoms with Gasteiger partial charge in [0.15, 0.2) is 0 Å². The minimum Gasteiger partial charge on any atom is -0.478 e. The van der Waals surface area contributed by atoms with Crippen molar-refractivity contribution in [1.82, 2.24) is 4.90 Å². The molecule has 2 aliphatic rings. The van der Waals surface area contributed by atoms with Crippen molar-refractivity contribution in [2.45, 2.75) is 37.9 Å². The molecule has 0 aliphatic carbocycles. The van der Waals surface area contributed by atoms with E-state index < -0.39 is 5.97 Å². The van der Waals surface area contributed by atoms with E-state index in [-0.39, 0.29) is 23.2 Å². The molecular formula is C18H23NO5. The molecule has 1 N–H and O–H groups in total. The molecule has 0 saturated carbocycles. The first kappa shape index (κ1) is 16.9. The van der Waals surface area contributed by atoms with Gasteiger partial charge in [-0.05, 0) is 31.0 Å². The summed E-state index contributed by atoms with van der Waals surface area (Å²) in [5, 5.41) is 8.91. The van der Waals surface area contributed by atoms with Crippen molar-refractivity contribution in [1.29, 1.82) is 0 Å². The molecule has 0 bridgehead atoms. The largest absolute Gasteiger partial charge is 0.478 e. The summed E-state index contributed by atoms with van der Waals surface area (Å²) in [6, 6.07) is 6.68. The molecule has 0 aromatic heterocycles. The summed E-state index contributed by atoms with van der Waals surface area (Å²) in [6.07, 6.45) is 1.86. The van der Waals surface area contributed by atoms with Gasteiger partial charge in [0.1, 0.15) is 5.60 Å². The number of ether oxygens (including phenoxy) is 2. The van der Waals surface area contributed by atoms with Crippen molar-refractivity contribution in [3.05, 3.63) is 35.4 Å². The lowest BCUT2D eigenvalue weighted by Crippen LogP contribution is -2.57. The van der Waals surface area contributed by atoms with Crippen LogP contribution >= 0.6 is 0 Å². The fraction of sp³-hybridized carbons (Fsp3) is 0.556. The molecule has 2 aliphatic heterocycles. The smallest absolute Gasteiger partial charge is 0.335 e. The number of benzene rings is 1. The lowest BCUT2D eigenvalue weighted by atomic mass is 9.98. The Balaban J connectivity index is 1.57. The molecule has 6 heteroatoms.